The number of benzene rings is 1. The van der Waals surface area contributed by atoms with Gasteiger partial charge in [0.1, 0.15) is 5.69 Å². The molecule has 104 valence electrons. The van der Waals surface area contributed by atoms with Crippen molar-refractivity contribution < 1.29 is 14.8 Å². The van der Waals surface area contributed by atoms with Crippen molar-refractivity contribution in [1.82, 2.24) is 0 Å². The van der Waals surface area contributed by atoms with Crippen molar-refractivity contribution in [2.24, 2.45) is 0 Å². The number of carbonyl (C=O) groups is 1. The highest BCUT2D eigenvalue weighted by Gasteiger charge is 2.18. The van der Waals surface area contributed by atoms with E-state index in [1.807, 2.05) is 6.92 Å². The predicted molar refractivity (Wildman–Crippen MR) is 76.5 cm³/mol. The number of nitro benzene ring substituents is 1. The van der Waals surface area contributed by atoms with Crippen LogP contribution in [0, 0.1) is 22.5 Å². The SMILES string of the molecule is C#CCN(CC)c1ccc(/C=C/C(=O)O)cc1[N+](=O)[O-]. The zero-order chi connectivity index (χ0) is 15.1. The van der Waals surface area contributed by atoms with Crippen molar-refractivity contribution in [3.8, 4) is 12.3 Å². The molecule has 20 heavy (non-hydrogen) atoms. The van der Waals surface area contributed by atoms with Gasteiger partial charge in [-0.25, -0.2) is 4.79 Å². The molecule has 6 heteroatoms. The molecule has 0 aliphatic heterocycles. The molecule has 0 amide bonds. The second kappa shape index (κ2) is 6.95. The predicted octanol–water partition coefficient (Wildman–Crippen LogP) is 2.15. The van der Waals surface area contributed by atoms with Crippen molar-refractivity contribution in [1.29, 1.82) is 0 Å². The van der Waals surface area contributed by atoms with Crippen LogP contribution >= 0.6 is 0 Å². The van der Waals surface area contributed by atoms with Crippen molar-refractivity contribution in [3.63, 3.8) is 0 Å². The average molecular weight is 274 g/mol. The fourth-order valence-electron chi connectivity index (χ4n) is 1.70. The van der Waals surface area contributed by atoms with E-state index in [0.717, 1.165) is 6.08 Å². The molecular weight excluding hydrogens is 260 g/mol. The van der Waals surface area contributed by atoms with E-state index in [4.69, 9.17) is 11.5 Å². The van der Waals surface area contributed by atoms with Crippen LogP contribution in [0.4, 0.5) is 11.4 Å². The summed E-state index contributed by atoms with van der Waals surface area (Å²) >= 11 is 0. The van der Waals surface area contributed by atoms with E-state index in [0.29, 0.717) is 17.8 Å². The lowest BCUT2D eigenvalue weighted by molar-refractivity contribution is -0.384. The van der Waals surface area contributed by atoms with E-state index in [2.05, 4.69) is 5.92 Å². The van der Waals surface area contributed by atoms with Crippen LogP contribution in [-0.2, 0) is 4.79 Å². The van der Waals surface area contributed by atoms with E-state index in [1.165, 1.54) is 12.1 Å². The normalized spacial score (nSPS) is 10.2. The van der Waals surface area contributed by atoms with Gasteiger partial charge in [-0.2, -0.15) is 0 Å². The lowest BCUT2D eigenvalue weighted by Crippen LogP contribution is -2.23. The van der Waals surface area contributed by atoms with E-state index < -0.39 is 10.9 Å². The smallest absolute Gasteiger partial charge is 0.328 e. The summed E-state index contributed by atoms with van der Waals surface area (Å²) in [5, 5.41) is 19.7. The van der Waals surface area contributed by atoms with Crippen LogP contribution in [0.15, 0.2) is 24.3 Å². The molecule has 0 radical (unpaired) electrons. The maximum atomic E-state index is 11.1. The van der Waals surface area contributed by atoms with Gasteiger partial charge in [-0.3, -0.25) is 10.1 Å². The van der Waals surface area contributed by atoms with Crippen LogP contribution in [0.1, 0.15) is 12.5 Å². The largest absolute Gasteiger partial charge is 0.478 e. The van der Waals surface area contributed by atoms with Crippen LogP contribution in [-0.4, -0.2) is 29.1 Å². The Morgan fingerprint density at radius 3 is 2.80 bits per heavy atom. The van der Waals surface area contributed by atoms with Gasteiger partial charge < -0.3 is 10.0 Å². The Morgan fingerprint density at radius 2 is 2.30 bits per heavy atom. The molecule has 0 heterocycles. The molecule has 1 rings (SSSR count). The quantitative estimate of drug-likeness (QED) is 0.372. The molecular formula is C14H14N2O4. The highest BCUT2D eigenvalue weighted by Crippen LogP contribution is 2.29. The summed E-state index contributed by atoms with van der Waals surface area (Å²) < 4.78 is 0. The van der Waals surface area contributed by atoms with Crippen LogP contribution in [0.2, 0.25) is 0 Å². The lowest BCUT2D eigenvalue weighted by atomic mass is 10.1. The number of anilines is 1. The molecule has 1 aromatic rings. The maximum absolute atomic E-state index is 11.1. The zero-order valence-corrected chi connectivity index (χ0v) is 10.9. The number of nitro groups is 1. The number of nitrogens with zero attached hydrogens (tertiary/aromatic N) is 2. The third-order valence-electron chi connectivity index (χ3n) is 2.62. The molecule has 0 unspecified atom stereocenters. The number of hydrogen-bond donors (Lipinski definition) is 1. The maximum Gasteiger partial charge on any atom is 0.328 e. The summed E-state index contributed by atoms with van der Waals surface area (Å²) in [5.41, 5.74) is 0.761. The number of hydrogen-bond acceptors (Lipinski definition) is 4. The highest BCUT2D eigenvalue weighted by atomic mass is 16.6. The summed E-state index contributed by atoms with van der Waals surface area (Å²) in [6, 6.07) is 4.51. The lowest BCUT2D eigenvalue weighted by Gasteiger charge is -2.20. The Hall–Kier alpha value is -2.81. The second-order valence-electron chi connectivity index (χ2n) is 3.90. The first kappa shape index (κ1) is 15.2. The fraction of sp³-hybridized carbons (Fsp3) is 0.214. The minimum atomic E-state index is -1.11. The second-order valence-corrected chi connectivity index (χ2v) is 3.90. The number of rotatable bonds is 6. The fourth-order valence-corrected chi connectivity index (χ4v) is 1.70. The molecule has 0 spiro atoms. The van der Waals surface area contributed by atoms with Gasteiger partial charge >= 0.3 is 5.97 Å². The monoisotopic (exact) mass is 274 g/mol. The molecule has 0 saturated carbocycles. The van der Waals surface area contributed by atoms with Crippen LogP contribution in [0.25, 0.3) is 6.08 Å². The molecule has 1 N–H and O–H groups in total. The molecule has 0 aliphatic rings. The minimum Gasteiger partial charge on any atom is -0.478 e. The van der Waals surface area contributed by atoms with Gasteiger partial charge in [-0.1, -0.05) is 12.0 Å². The third-order valence-corrected chi connectivity index (χ3v) is 2.62. The number of terminal acetylenes is 1. The van der Waals surface area contributed by atoms with E-state index in [1.54, 1.807) is 17.0 Å². The van der Waals surface area contributed by atoms with Gasteiger partial charge in [0, 0.05) is 18.7 Å². The van der Waals surface area contributed by atoms with E-state index >= 15 is 0 Å². The average Bonchev–Trinajstić information content (AvgIpc) is 2.42. The highest BCUT2D eigenvalue weighted by molar-refractivity contribution is 5.85. The Kier molecular flexibility index (Phi) is 5.30. The van der Waals surface area contributed by atoms with E-state index in [-0.39, 0.29) is 12.2 Å². The third kappa shape index (κ3) is 3.85. The minimum absolute atomic E-state index is 0.102. The zero-order valence-electron chi connectivity index (χ0n) is 10.9. The topological polar surface area (TPSA) is 83.7 Å². The van der Waals surface area contributed by atoms with Gasteiger partial charge in [0.15, 0.2) is 0 Å². The summed E-state index contributed by atoms with van der Waals surface area (Å²) in [5.74, 6) is 1.34. The molecule has 0 saturated heterocycles. The Balaban J connectivity index is 3.24. The first-order chi connectivity index (χ1) is 9.49. The van der Waals surface area contributed by atoms with Gasteiger partial charge in [-0.05, 0) is 24.6 Å². The van der Waals surface area contributed by atoms with Gasteiger partial charge in [0.2, 0.25) is 0 Å². The van der Waals surface area contributed by atoms with Crippen molar-refractivity contribution >= 4 is 23.4 Å². The molecule has 0 fully saturated rings. The Bertz CT molecular complexity index is 587. The Labute approximate surface area is 116 Å². The first-order valence-electron chi connectivity index (χ1n) is 5.87. The van der Waals surface area contributed by atoms with Crippen LogP contribution < -0.4 is 4.90 Å². The molecule has 0 bridgehead atoms. The van der Waals surface area contributed by atoms with Crippen molar-refractivity contribution in [3.05, 3.63) is 40.0 Å². The Morgan fingerprint density at radius 1 is 1.60 bits per heavy atom. The van der Waals surface area contributed by atoms with Gasteiger partial charge in [0.25, 0.3) is 5.69 Å². The summed E-state index contributed by atoms with van der Waals surface area (Å²) in [7, 11) is 0. The van der Waals surface area contributed by atoms with E-state index in [9.17, 15) is 14.9 Å². The van der Waals surface area contributed by atoms with Gasteiger partial charge in [0.05, 0.1) is 11.5 Å². The number of carboxylic acid groups (broad SMARTS) is 1. The van der Waals surface area contributed by atoms with Crippen molar-refractivity contribution in [2.45, 2.75) is 6.92 Å². The molecule has 1 aromatic carbocycles. The number of carboxylic acids is 1. The van der Waals surface area contributed by atoms with Crippen LogP contribution in [0.3, 0.4) is 0 Å². The van der Waals surface area contributed by atoms with Gasteiger partial charge in [-0.15, -0.1) is 6.42 Å². The van der Waals surface area contributed by atoms with Crippen molar-refractivity contribution in [2.75, 3.05) is 18.0 Å². The molecule has 6 nitrogen and oxygen atoms in total. The number of aliphatic carboxylic acids is 1. The molecule has 0 aromatic heterocycles. The summed E-state index contributed by atoms with van der Waals surface area (Å²) in [4.78, 5) is 22.8. The summed E-state index contributed by atoms with van der Waals surface area (Å²) in [6.45, 7) is 2.65. The summed E-state index contributed by atoms with van der Waals surface area (Å²) in [6.07, 6.45) is 7.47. The standard InChI is InChI=1S/C14H14N2O4/c1-3-9-15(4-2)12-7-5-11(6-8-14(17)18)10-13(12)16(19)20/h1,5-8,10H,4,9H2,2H3,(H,17,18)/b8-6+. The first-order valence-corrected chi connectivity index (χ1v) is 5.87. The molecule has 0 aliphatic carbocycles. The van der Waals surface area contributed by atoms with Crippen LogP contribution in [0.5, 0.6) is 0 Å². The molecule has 0 atom stereocenters.